The molecule has 0 aromatic carbocycles. The molecule has 0 aliphatic heterocycles. The van der Waals surface area contributed by atoms with E-state index in [2.05, 4.69) is 0 Å². The van der Waals surface area contributed by atoms with Crippen LogP contribution in [0.4, 0.5) is 0 Å². The molecule has 0 saturated heterocycles. The van der Waals surface area contributed by atoms with E-state index in [9.17, 15) is 9.59 Å². The van der Waals surface area contributed by atoms with Crippen molar-refractivity contribution < 1.29 is 19.3 Å². The van der Waals surface area contributed by atoms with Crippen LogP contribution < -0.4 is 0 Å². The molecule has 0 radical (unpaired) electrons. The first-order valence-electron chi connectivity index (χ1n) is 5.98. The van der Waals surface area contributed by atoms with Crippen LogP contribution in [0, 0.1) is 0 Å². The minimum Gasteiger partial charge on any atom is -0.367 e. The topological polar surface area (TPSA) is 59.1 Å². The molecule has 0 saturated carbocycles. The SMILES string of the molecule is CCN(CC)OC(=O)CC(=O)ON(CC)CC. The van der Waals surface area contributed by atoms with Crippen molar-refractivity contribution in [1.82, 2.24) is 10.1 Å². The van der Waals surface area contributed by atoms with E-state index in [1.807, 2.05) is 27.7 Å². The highest BCUT2D eigenvalue weighted by Crippen LogP contribution is 1.98. The van der Waals surface area contributed by atoms with E-state index in [-0.39, 0.29) is 6.42 Å². The van der Waals surface area contributed by atoms with Crippen molar-refractivity contribution in [2.75, 3.05) is 26.2 Å². The fourth-order valence-electron chi connectivity index (χ4n) is 1.18. The highest BCUT2D eigenvalue weighted by Gasteiger charge is 2.17. The molecule has 0 aliphatic rings. The zero-order valence-electron chi connectivity index (χ0n) is 11.1. The minimum absolute atomic E-state index is 0.368. The molecule has 0 aliphatic carbocycles. The molecule has 0 aromatic rings. The monoisotopic (exact) mass is 246 g/mol. The average Bonchev–Trinajstić information content (AvgIpc) is 2.32. The van der Waals surface area contributed by atoms with Gasteiger partial charge >= 0.3 is 11.9 Å². The van der Waals surface area contributed by atoms with Crippen molar-refractivity contribution in [2.45, 2.75) is 34.1 Å². The summed E-state index contributed by atoms with van der Waals surface area (Å²) < 4.78 is 0. The molecule has 0 bridgehead atoms. The molecule has 0 atom stereocenters. The van der Waals surface area contributed by atoms with Crippen molar-refractivity contribution in [3.8, 4) is 0 Å². The van der Waals surface area contributed by atoms with Gasteiger partial charge in [0.1, 0.15) is 6.42 Å². The summed E-state index contributed by atoms with van der Waals surface area (Å²) in [7, 11) is 0. The molecule has 0 amide bonds. The largest absolute Gasteiger partial charge is 0.367 e. The Morgan fingerprint density at radius 1 is 0.765 bits per heavy atom. The van der Waals surface area contributed by atoms with E-state index in [0.29, 0.717) is 26.2 Å². The van der Waals surface area contributed by atoms with Crippen LogP contribution in [0.15, 0.2) is 0 Å². The van der Waals surface area contributed by atoms with Crippen LogP contribution in [0.5, 0.6) is 0 Å². The zero-order valence-corrected chi connectivity index (χ0v) is 11.1. The van der Waals surface area contributed by atoms with Crippen molar-refractivity contribution >= 4 is 11.9 Å². The van der Waals surface area contributed by atoms with Crippen molar-refractivity contribution in [2.24, 2.45) is 0 Å². The van der Waals surface area contributed by atoms with Gasteiger partial charge in [-0.15, -0.1) is 10.1 Å². The van der Waals surface area contributed by atoms with E-state index in [1.165, 1.54) is 10.1 Å². The van der Waals surface area contributed by atoms with Crippen LogP contribution in [0.2, 0.25) is 0 Å². The highest BCUT2D eigenvalue weighted by atomic mass is 16.7. The molecule has 6 nitrogen and oxygen atoms in total. The average molecular weight is 246 g/mol. The predicted molar refractivity (Wildman–Crippen MR) is 62.6 cm³/mol. The fourth-order valence-corrected chi connectivity index (χ4v) is 1.18. The summed E-state index contributed by atoms with van der Waals surface area (Å²) >= 11 is 0. The first kappa shape index (κ1) is 15.9. The first-order valence-corrected chi connectivity index (χ1v) is 5.98. The molecular weight excluding hydrogens is 224 g/mol. The number of rotatable bonds is 8. The number of hydrogen-bond donors (Lipinski definition) is 0. The Morgan fingerprint density at radius 2 is 1.06 bits per heavy atom. The van der Waals surface area contributed by atoms with E-state index in [1.54, 1.807) is 0 Å². The van der Waals surface area contributed by atoms with Crippen LogP contribution >= 0.6 is 0 Å². The molecule has 6 heteroatoms. The van der Waals surface area contributed by atoms with Crippen LogP contribution in [0.3, 0.4) is 0 Å². The van der Waals surface area contributed by atoms with Gasteiger partial charge in [-0.2, -0.15) is 0 Å². The zero-order chi connectivity index (χ0) is 13.3. The molecule has 17 heavy (non-hydrogen) atoms. The Hall–Kier alpha value is -1.14. The van der Waals surface area contributed by atoms with E-state index in [4.69, 9.17) is 9.68 Å². The molecule has 0 aromatic heterocycles. The maximum absolute atomic E-state index is 11.4. The third-order valence-electron chi connectivity index (χ3n) is 2.16. The van der Waals surface area contributed by atoms with Gasteiger partial charge in [-0.25, -0.2) is 9.59 Å². The van der Waals surface area contributed by atoms with Crippen LogP contribution in [0.25, 0.3) is 0 Å². The molecule has 0 N–H and O–H groups in total. The number of carbonyl (C=O) groups is 2. The second-order valence-corrected chi connectivity index (χ2v) is 3.33. The predicted octanol–water partition coefficient (Wildman–Crippen LogP) is 0.976. The normalized spacial score (nSPS) is 10.7. The Morgan fingerprint density at radius 3 is 1.29 bits per heavy atom. The van der Waals surface area contributed by atoms with E-state index >= 15 is 0 Å². The van der Waals surface area contributed by atoms with Gasteiger partial charge in [-0.05, 0) is 27.7 Å². The minimum atomic E-state index is -0.592. The van der Waals surface area contributed by atoms with Crippen LogP contribution in [-0.2, 0) is 19.3 Å². The van der Waals surface area contributed by atoms with Crippen molar-refractivity contribution in [3.05, 3.63) is 0 Å². The Balaban J connectivity index is 3.99. The van der Waals surface area contributed by atoms with Gasteiger partial charge in [0, 0.05) is 26.2 Å². The number of hydrogen-bond acceptors (Lipinski definition) is 6. The Kier molecular flexibility index (Phi) is 8.35. The number of hydroxylamine groups is 4. The summed E-state index contributed by atoms with van der Waals surface area (Å²) in [6.45, 7) is 9.83. The van der Waals surface area contributed by atoms with Gasteiger partial charge < -0.3 is 9.68 Å². The molecule has 0 heterocycles. The van der Waals surface area contributed by atoms with E-state index < -0.39 is 11.9 Å². The molecular formula is C11H22N2O4. The van der Waals surface area contributed by atoms with E-state index in [0.717, 1.165) is 0 Å². The summed E-state index contributed by atoms with van der Waals surface area (Å²) in [5, 5.41) is 2.96. The molecule has 100 valence electrons. The molecule has 0 rings (SSSR count). The third-order valence-corrected chi connectivity index (χ3v) is 2.16. The molecule has 0 unspecified atom stereocenters. The summed E-state index contributed by atoms with van der Waals surface area (Å²) in [5.74, 6) is -1.18. The van der Waals surface area contributed by atoms with Gasteiger partial charge in [-0.1, -0.05) is 0 Å². The Bertz CT molecular complexity index is 214. The molecule has 0 spiro atoms. The highest BCUT2D eigenvalue weighted by molar-refractivity contribution is 5.90. The van der Waals surface area contributed by atoms with Crippen molar-refractivity contribution in [3.63, 3.8) is 0 Å². The lowest BCUT2D eigenvalue weighted by Crippen LogP contribution is -2.31. The summed E-state index contributed by atoms with van der Waals surface area (Å²) in [5.41, 5.74) is 0. The van der Waals surface area contributed by atoms with Gasteiger partial charge in [0.05, 0.1) is 0 Å². The standard InChI is InChI=1S/C11H22N2O4/c1-5-12(6-2)16-10(14)9-11(15)17-13(7-3)8-4/h5-9H2,1-4H3. The smallest absolute Gasteiger partial charge is 0.336 e. The maximum Gasteiger partial charge on any atom is 0.336 e. The summed E-state index contributed by atoms with van der Waals surface area (Å²) in [6.07, 6.45) is -0.368. The summed E-state index contributed by atoms with van der Waals surface area (Å²) in [4.78, 5) is 32.6. The third kappa shape index (κ3) is 6.91. The molecule has 0 fully saturated rings. The maximum atomic E-state index is 11.4. The first-order chi connectivity index (χ1) is 8.07. The van der Waals surface area contributed by atoms with Gasteiger partial charge in [0.25, 0.3) is 0 Å². The second kappa shape index (κ2) is 8.95. The van der Waals surface area contributed by atoms with Crippen LogP contribution in [0.1, 0.15) is 34.1 Å². The lowest BCUT2D eigenvalue weighted by molar-refractivity contribution is -0.201. The lowest BCUT2D eigenvalue weighted by Gasteiger charge is -2.18. The number of nitrogens with zero attached hydrogens (tertiary/aromatic N) is 2. The van der Waals surface area contributed by atoms with Gasteiger partial charge in [0.15, 0.2) is 0 Å². The van der Waals surface area contributed by atoms with Crippen LogP contribution in [-0.4, -0.2) is 48.2 Å². The number of carbonyl (C=O) groups excluding carboxylic acids is 2. The second-order valence-electron chi connectivity index (χ2n) is 3.33. The quantitative estimate of drug-likeness (QED) is 0.470. The van der Waals surface area contributed by atoms with Crippen molar-refractivity contribution in [1.29, 1.82) is 0 Å². The van der Waals surface area contributed by atoms with Gasteiger partial charge in [-0.3, -0.25) is 0 Å². The lowest BCUT2D eigenvalue weighted by atomic mass is 10.4. The van der Waals surface area contributed by atoms with Gasteiger partial charge in [0.2, 0.25) is 0 Å². The summed E-state index contributed by atoms with van der Waals surface area (Å²) in [6, 6.07) is 0. The fraction of sp³-hybridized carbons (Fsp3) is 0.818. The Labute approximate surface area is 102 Å².